The number of hydrogen-bond donors (Lipinski definition) is 0. The van der Waals surface area contributed by atoms with Gasteiger partial charge >= 0.3 is 0 Å². The van der Waals surface area contributed by atoms with E-state index in [4.69, 9.17) is 14.2 Å². The van der Waals surface area contributed by atoms with Crippen LogP contribution in [0.4, 0.5) is 5.95 Å². The summed E-state index contributed by atoms with van der Waals surface area (Å²) in [5, 5.41) is 0. The molecule has 0 spiro atoms. The molecule has 0 aromatic carbocycles. The van der Waals surface area contributed by atoms with Crippen LogP contribution in [0.15, 0.2) is 12.3 Å². The van der Waals surface area contributed by atoms with Crippen molar-refractivity contribution >= 4 is 5.95 Å². The van der Waals surface area contributed by atoms with Crippen LogP contribution in [-0.2, 0) is 9.47 Å². The molecule has 0 amide bonds. The van der Waals surface area contributed by atoms with Crippen LogP contribution < -0.4 is 9.64 Å². The fraction of sp³-hybridized carbons (Fsp3) is 0.714. The highest BCUT2D eigenvalue weighted by Crippen LogP contribution is 2.14. The third-order valence-electron chi connectivity index (χ3n) is 3.67. The van der Waals surface area contributed by atoms with Crippen LogP contribution in [0.3, 0.4) is 0 Å². The summed E-state index contributed by atoms with van der Waals surface area (Å²) in [6.07, 6.45) is 1.75. The molecule has 0 bridgehead atoms. The van der Waals surface area contributed by atoms with E-state index in [-0.39, 0.29) is 0 Å². The molecule has 3 rings (SSSR count). The van der Waals surface area contributed by atoms with Crippen LogP contribution >= 0.6 is 0 Å². The highest BCUT2D eigenvalue weighted by atomic mass is 16.5. The van der Waals surface area contributed by atoms with E-state index in [1.54, 1.807) is 6.20 Å². The molecule has 0 saturated carbocycles. The first-order valence-electron chi connectivity index (χ1n) is 7.50. The van der Waals surface area contributed by atoms with Gasteiger partial charge in [-0.1, -0.05) is 0 Å². The summed E-state index contributed by atoms with van der Waals surface area (Å²) in [5.41, 5.74) is 0. The third kappa shape index (κ3) is 4.26. The van der Waals surface area contributed by atoms with Crippen LogP contribution in [0.1, 0.15) is 0 Å². The largest absolute Gasteiger partial charge is 0.476 e. The van der Waals surface area contributed by atoms with Crippen LogP contribution in [0.2, 0.25) is 0 Å². The molecular formula is C14H22N4O3. The van der Waals surface area contributed by atoms with Crippen molar-refractivity contribution in [2.24, 2.45) is 0 Å². The van der Waals surface area contributed by atoms with Crippen LogP contribution in [0, 0.1) is 0 Å². The lowest BCUT2D eigenvalue weighted by Crippen LogP contribution is -2.38. The van der Waals surface area contributed by atoms with Gasteiger partial charge in [-0.2, -0.15) is 4.98 Å². The second kappa shape index (κ2) is 7.53. The Morgan fingerprint density at radius 1 is 1.05 bits per heavy atom. The minimum Gasteiger partial charge on any atom is -0.476 e. The fourth-order valence-electron chi connectivity index (χ4n) is 2.43. The average Bonchev–Trinajstić information content (AvgIpc) is 2.57. The Hall–Kier alpha value is -1.44. The molecule has 0 aliphatic carbocycles. The normalized spacial score (nSPS) is 20.5. The van der Waals surface area contributed by atoms with E-state index in [0.717, 1.165) is 65.1 Å². The van der Waals surface area contributed by atoms with Gasteiger partial charge in [0.1, 0.15) is 6.61 Å². The molecule has 0 unspecified atom stereocenters. The van der Waals surface area contributed by atoms with Crippen molar-refractivity contribution in [2.75, 3.05) is 70.7 Å². The van der Waals surface area contributed by atoms with Crippen LogP contribution in [0.5, 0.6) is 5.88 Å². The van der Waals surface area contributed by atoms with Gasteiger partial charge in [0.25, 0.3) is 0 Å². The van der Waals surface area contributed by atoms with Crippen molar-refractivity contribution in [2.45, 2.75) is 0 Å². The first-order chi connectivity index (χ1) is 10.4. The first-order valence-corrected chi connectivity index (χ1v) is 7.50. The number of aromatic nitrogens is 2. The zero-order valence-corrected chi connectivity index (χ0v) is 12.2. The number of hydrogen-bond acceptors (Lipinski definition) is 7. The van der Waals surface area contributed by atoms with Gasteiger partial charge in [0.2, 0.25) is 11.8 Å². The van der Waals surface area contributed by atoms with E-state index in [1.807, 2.05) is 6.07 Å². The lowest BCUT2D eigenvalue weighted by atomic mass is 10.4. The van der Waals surface area contributed by atoms with Gasteiger partial charge in [0.15, 0.2) is 0 Å². The summed E-state index contributed by atoms with van der Waals surface area (Å²) in [4.78, 5) is 13.3. The quantitative estimate of drug-likeness (QED) is 0.759. The van der Waals surface area contributed by atoms with E-state index in [2.05, 4.69) is 19.8 Å². The van der Waals surface area contributed by atoms with Gasteiger partial charge in [-0.05, 0) is 0 Å². The van der Waals surface area contributed by atoms with E-state index < -0.39 is 0 Å². The van der Waals surface area contributed by atoms with E-state index in [9.17, 15) is 0 Å². The van der Waals surface area contributed by atoms with Gasteiger partial charge in [-0.3, -0.25) is 4.90 Å². The second-order valence-electron chi connectivity index (χ2n) is 5.10. The van der Waals surface area contributed by atoms with Gasteiger partial charge in [0, 0.05) is 45.0 Å². The Bertz CT molecular complexity index is 434. The van der Waals surface area contributed by atoms with E-state index in [1.165, 1.54) is 0 Å². The average molecular weight is 294 g/mol. The van der Waals surface area contributed by atoms with Crippen molar-refractivity contribution in [3.05, 3.63) is 12.3 Å². The molecule has 2 aliphatic heterocycles. The number of ether oxygens (including phenoxy) is 3. The lowest BCUT2D eigenvalue weighted by Gasteiger charge is -2.27. The molecule has 7 nitrogen and oxygen atoms in total. The predicted octanol–water partition coefficient (Wildman–Crippen LogP) is 0.0242. The molecule has 2 aliphatic rings. The Balaban J connectivity index is 1.48. The van der Waals surface area contributed by atoms with Crippen molar-refractivity contribution in [3.8, 4) is 5.88 Å². The Morgan fingerprint density at radius 3 is 2.52 bits per heavy atom. The maximum Gasteiger partial charge on any atom is 0.228 e. The zero-order valence-electron chi connectivity index (χ0n) is 12.2. The monoisotopic (exact) mass is 294 g/mol. The molecule has 3 heterocycles. The Kier molecular flexibility index (Phi) is 5.20. The molecule has 0 radical (unpaired) electrons. The summed E-state index contributed by atoms with van der Waals surface area (Å²) in [5.74, 6) is 1.36. The lowest BCUT2D eigenvalue weighted by molar-refractivity contribution is 0.0320. The van der Waals surface area contributed by atoms with E-state index in [0.29, 0.717) is 12.5 Å². The zero-order chi connectivity index (χ0) is 14.3. The summed E-state index contributed by atoms with van der Waals surface area (Å²) in [6.45, 7) is 8.24. The molecule has 0 atom stereocenters. The second-order valence-corrected chi connectivity index (χ2v) is 5.10. The molecule has 1 aromatic heterocycles. The molecule has 1 aromatic rings. The van der Waals surface area contributed by atoms with Gasteiger partial charge in [-0.15, -0.1) is 0 Å². The highest BCUT2D eigenvalue weighted by Gasteiger charge is 2.14. The predicted molar refractivity (Wildman–Crippen MR) is 77.8 cm³/mol. The first kappa shape index (κ1) is 14.5. The minimum absolute atomic E-state index is 0.638. The molecule has 21 heavy (non-hydrogen) atoms. The topological polar surface area (TPSA) is 60.0 Å². The van der Waals surface area contributed by atoms with Crippen LogP contribution in [0.25, 0.3) is 0 Å². The molecular weight excluding hydrogens is 272 g/mol. The summed E-state index contributed by atoms with van der Waals surface area (Å²) in [6, 6.07) is 1.81. The van der Waals surface area contributed by atoms with Crippen molar-refractivity contribution < 1.29 is 14.2 Å². The van der Waals surface area contributed by atoms with Gasteiger partial charge in [-0.25, -0.2) is 4.98 Å². The molecule has 2 fully saturated rings. The Labute approximate surface area is 124 Å². The summed E-state index contributed by atoms with van der Waals surface area (Å²) >= 11 is 0. The van der Waals surface area contributed by atoms with Crippen molar-refractivity contribution in [3.63, 3.8) is 0 Å². The van der Waals surface area contributed by atoms with Gasteiger partial charge in [0.05, 0.1) is 26.4 Å². The van der Waals surface area contributed by atoms with Crippen LogP contribution in [-0.4, -0.2) is 80.6 Å². The van der Waals surface area contributed by atoms with Crippen molar-refractivity contribution in [1.29, 1.82) is 0 Å². The number of anilines is 1. The van der Waals surface area contributed by atoms with Crippen molar-refractivity contribution in [1.82, 2.24) is 14.9 Å². The number of rotatable bonds is 5. The number of morpholine rings is 2. The summed E-state index contributed by atoms with van der Waals surface area (Å²) in [7, 11) is 0. The molecule has 2 saturated heterocycles. The smallest absolute Gasteiger partial charge is 0.228 e. The third-order valence-corrected chi connectivity index (χ3v) is 3.67. The van der Waals surface area contributed by atoms with E-state index >= 15 is 0 Å². The highest BCUT2D eigenvalue weighted by molar-refractivity contribution is 5.32. The standard InChI is InChI=1S/C14H22N4O3/c1-2-15-14(18-6-10-20-11-7-18)16-13(1)21-12-5-17-3-8-19-9-4-17/h1-2H,3-12H2. The SMILES string of the molecule is c1cc(OCCN2CCOCC2)nc(N2CCOCC2)n1. The summed E-state index contributed by atoms with van der Waals surface area (Å²) < 4.78 is 16.4. The Morgan fingerprint density at radius 2 is 1.76 bits per heavy atom. The minimum atomic E-state index is 0.638. The van der Waals surface area contributed by atoms with Gasteiger partial charge < -0.3 is 19.1 Å². The molecule has 7 heteroatoms. The maximum atomic E-state index is 5.75. The molecule has 0 N–H and O–H groups in total. The fourth-order valence-corrected chi connectivity index (χ4v) is 2.43. The number of nitrogens with zero attached hydrogens (tertiary/aromatic N) is 4. The molecule has 116 valence electrons. The maximum absolute atomic E-state index is 5.75.